The molecule has 0 radical (unpaired) electrons. The van der Waals surface area contributed by atoms with Crippen molar-refractivity contribution in [3.05, 3.63) is 0 Å². The molecule has 2 atom stereocenters. The summed E-state index contributed by atoms with van der Waals surface area (Å²) in [6.45, 7) is 3.76. The summed E-state index contributed by atoms with van der Waals surface area (Å²) in [6, 6.07) is 0. The van der Waals surface area contributed by atoms with Crippen LogP contribution in [0, 0.1) is 11.3 Å². The van der Waals surface area contributed by atoms with Gasteiger partial charge >= 0.3 is 5.97 Å². The van der Waals surface area contributed by atoms with Gasteiger partial charge in [-0.2, -0.15) is 0 Å². The van der Waals surface area contributed by atoms with E-state index >= 15 is 0 Å². The van der Waals surface area contributed by atoms with E-state index in [2.05, 4.69) is 10.6 Å². The van der Waals surface area contributed by atoms with E-state index in [1.165, 1.54) is 7.11 Å². The average Bonchev–Trinajstić information content (AvgIpc) is 2.71. The standard InChI is InChI=1S/C10H16N2O3/c1-14-8(13)9-3-11-2-7(9)10(15-6-9)4-12-5-10/h7,11-12H,2-6H2,1H3/t7-,9+/m1/s1. The first-order valence-electron chi connectivity index (χ1n) is 5.37. The van der Waals surface area contributed by atoms with Crippen LogP contribution in [0.5, 0.6) is 0 Å². The highest BCUT2D eigenvalue weighted by Crippen LogP contribution is 2.49. The molecule has 0 aromatic heterocycles. The monoisotopic (exact) mass is 212 g/mol. The molecule has 3 aliphatic heterocycles. The fourth-order valence-corrected chi connectivity index (χ4v) is 3.17. The quantitative estimate of drug-likeness (QED) is 0.531. The van der Waals surface area contributed by atoms with Crippen LogP contribution < -0.4 is 10.6 Å². The molecule has 0 aliphatic carbocycles. The molecule has 3 heterocycles. The highest BCUT2D eigenvalue weighted by atomic mass is 16.5. The smallest absolute Gasteiger partial charge is 0.315 e. The molecule has 3 fully saturated rings. The molecule has 3 saturated heterocycles. The van der Waals surface area contributed by atoms with Gasteiger partial charge in [0, 0.05) is 32.1 Å². The Hall–Kier alpha value is -0.650. The van der Waals surface area contributed by atoms with Crippen molar-refractivity contribution in [3.63, 3.8) is 0 Å². The van der Waals surface area contributed by atoms with Crippen LogP contribution in [0.25, 0.3) is 0 Å². The Balaban J connectivity index is 1.93. The van der Waals surface area contributed by atoms with Crippen molar-refractivity contribution in [3.8, 4) is 0 Å². The van der Waals surface area contributed by atoms with Crippen molar-refractivity contribution in [1.82, 2.24) is 10.6 Å². The molecule has 15 heavy (non-hydrogen) atoms. The lowest BCUT2D eigenvalue weighted by Crippen LogP contribution is -2.64. The first kappa shape index (κ1) is 9.57. The summed E-state index contributed by atoms with van der Waals surface area (Å²) in [6.07, 6.45) is 0. The Labute approximate surface area is 88.5 Å². The van der Waals surface area contributed by atoms with E-state index in [4.69, 9.17) is 9.47 Å². The van der Waals surface area contributed by atoms with Gasteiger partial charge in [-0.1, -0.05) is 0 Å². The highest BCUT2D eigenvalue weighted by molar-refractivity contribution is 5.79. The van der Waals surface area contributed by atoms with Gasteiger partial charge in [-0.25, -0.2) is 0 Å². The minimum Gasteiger partial charge on any atom is -0.468 e. The van der Waals surface area contributed by atoms with Crippen molar-refractivity contribution in [2.24, 2.45) is 11.3 Å². The van der Waals surface area contributed by atoms with Crippen LogP contribution in [0.2, 0.25) is 0 Å². The van der Waals surface area contributed by atoms with E-state index < -0.39 is 5.41 Å². The van der Waals surface area contributed by atoms with Crippen molar-refractivity contribution >= 4 is 5.97 Å². The zero-order valence-electron chi connectivity index (χ0n) is 8.84. The van der Waals surface area contributed by atoms with Gasteiger partial charge in [0.1, 0.15) is 5.41 Å². The van der Waals surface area contributed by atoms with E-state index in [1.807, 2.05) is 0 Å². The predicted molar refractivity (Wildman–Crippen MR) is 52.4 cm³/mol. The van der Waals surface area contributed by atoms with Crippen molar-refractivity contribution in [2.75, 3.05) is 39.9 Å². The Bertz CT molecular complexity index is 303. The third kappa shape index (κ3) is 1.01. The Kier molecular flexibility index (Phi) is 1.87. The number of nitrogens with one attached hydrogen (secondary N) is 2. The molecule has 0 aromatic rings. The largest absolute Gasteiger partial charge is 0.468 e. The number of carbonyl (C=O) groups is 1. The minimum atomic E-state index is -0.434. The molecule has 3 rings (SSSR count). The topological polar surface area (TPSA) is 59.6 Å². The molecule has 0 aromatic carbocycles. The third-order valence-electron chi connectivity index (χ3n) is 4.15. The zero-order valence-corrected chi connectivity index (χ0v) is 8.84. The molecule has 5 nitrogen and oxygen atoms in total. The number of fused-ring (bicyclic) bond motifs is 2. The lowest BCUT2D eigenvalue weighted by atomic mass is 9.70. The van der Waals surface area contributed by atoms with Gasteiger partial charge < -0.3 is 20.1 Å². The second kappa shape index (κ2) is 2.93. The Morgan fingerprint density at radius 2 is 2.20 bits per heavy atom. The van der Waals surface area contributed by atoms with E-state index in [0.29, 0.717) is 13.2 Å². The van der Waals surface area contributed by atoms with Gasteiger partial charge in [0.15, 0.2) is 0 Å². The van der Waals surface area contributed by atoms with Crippen LogP contribution in [0.1, 0.15) is 0 Å². The van der Waals surface area contributed by atoms with Crippen LogP contribution in [0.4, 0.5) is 0 Å². The molecule has 0 bridgehead atoms. The molecule has 0 amide bonds. The Morgan fingerprint density at radius 1 is 1.40 bits per heavy atom. The third-order valence-corrected chi connectivity index (χ3v) is 4.15. The maximum atomic E-state index is 11.9. The molecule has 0 saturated carbocycles. The maximum absolute atomic E-state index is 11.9. The first-order chi connectivity index (χ1) is 7.23. The number of esters is 1. The molecule has 3 aliphatic rings. The zero-order chi connectivity index (χ0) is 10.5. The summed E-state index contributed by atoms with van der Waals surface area (Å²) in [5.41, 5.74) is -0.547. The van der Waals surface area contributed by atoms with Gasteiger partial charge in [-0.15, -0.1) is 0 Å². The number of hydrogen-bond donors (Lipinski definition) is 2. The molecule has 1 spiro atoms. The number of hydrogen-bond acceptors (Lipinski definition) is 5. The fourth-order valence-electron chi connectivity index (χ4n) is 3.17. The van der Waals surface area contributed by atoms with Gasteiger partial charge in [0.25, 0.3) is 0 Å². The Morgan fingerprint density at radius 3 is 2.80 bits per heavy atom. The normalized spacial score (nSPS) is 41.3. The summed E-state index contributed by atoms with van der Waals surface area (Å²) in [4.78, 5) is 11.9. The van der Waals surface area contributed by atoms with Crippen LogP contribution in [0.3, 0.4) is 0 Å². The second-order valence-corrected chi connectivity index (χ2v) is 4.79. The van der Waals surface area contributed by atoms with Crippen LogP contribution in [-0.2, 0) is 14.3 Å². The lowest BCUT2D eigenvalue weighted by Gasteiger charge is -2.43. The predicted octanol–water partition coefficient (Wildman–Crippen LogP) is -1.26. The van der Waals surface area contributed by atoms with Crippen molar-refractivity contribution < 1.29 is 14.3 Å². The molecule has 5 heteroatoms. The molecule has 84 valence electrons. The van der Waals surface area contributed by atoms with E-state index in [0.717, 1.165) is 19.6 Å². The van der Waals surface area contributed by atoms with Gasteiger partial charge in [-0.05, 0) is 0 Å². The fraction of sp³-hybridized carbons (Fsp3) is 0.900. The number of rotatable bonds is 1. The summed E-state index contributed by atoms with van der Waals surface area (Å²) >= 11 is 0. The molecular formula is C10H16N2O3. The lowest BCUT2D eigenvalue weighted by molar-refractivity contribution is -0.153. The van der Waals surface area contributed by atoms with Crippen LogP contribution >= 0.6 is 0 Å². The summed E-state index contributed by atoms with van der Waals surface area (Å²) in [7, 11) is 1.45. The molecular weight excluding hydrogens is 196 g/mol. The van der Waals surface area contributed by atoms with E-state index in [1.54, 1.807) is 0 Å². The average molecular weight is 212 g/mol. The summed E-state index contributed by atoms with van der Waals surface area (Å²) in [5.74, 6) is 0.139. The van der Waals surface area contributed by atoms with E-state index in [-0.39, 0.29) is 17.5 Å². The first-order valence-corrected chi connectivity index (χ1v) is 5.37. The summed E-state index contributed by atoms with van der Waals surface area (Å²) < 4.78 is 10.8. The number of ether oxygens (including phenoxy) is 2. The maximum Gasteiger partial charge on any atom is 0.315 e. The van der Waals surface area contributed by atoms with Crippen molar-refractivity contribution in [1.29, 1.82) is 0 Å². The molecule has 0 unspecified atom stereocenters. The second-order valence-electron chi connectivity index (χ2n) is 4.79. The summed E-state index contributed by atoms with van der Waals surface area (Å²) in [5, 5.41) is 6.52. The van der Waals surface area contributed by atoms with Crippen LogP contribution in [0.15, 0.2) is 0 Å². The SMILES string of the molecule is COC(=O)[C@]12CNC[C@H]1C1(CNC1)OC2. The van der Waals surface area contributed by atoms with Crippen LogP contribution in [-0.4, -0.2) is 51.5 Å². The number of methoxy groups -OCH3 is 1. The molecule has 2 N–H and O–H groups in total. The highest BCUT2D eigenvalue weighted by Gasteiger charge is 2.66. The van der Waals surface area contributed by atoms with Crippen molar-refractivity contribution in [2.45, 2.75) is 5.60 Å². The van der Waals surface area contributed by atoms with Gasteiger partial charge in [0.2, 0.25) is 0 Å². The minimum absolute atomic E-state index is 0.113. The number of carbonyl (C=O) groups excluding carboxylic acids is 1. The van der Waals surface area contributed by atoms with Gasteiger partial charge in [0.05, 0.1) is 19.3 Å². The van der Waals surface area contributed by atoms with Gasteiger partial charge in [-0.3, -0.25) is 4.79 Å². The van der Waals surface area contributed by atoms with E-state index in [9.17, 15) is 4.79 Å².